The lowest BCUT2D eigenvalue weighted by molar-refractivity contribution is -0.121. The number of nitrogens with zero attached hydrogens (tertiary/aromatic N) is 1. The van der Waals surface area contributed by atoms with Gasteiger partial charge in [-0.2, -0.15) is 4.31 Å². The number of carbonyl (C=O) groups is 1. The van der Waals surface area contributed by atoms with Crippen LogP contribution in [0.25, 0.3) is 0 Å². The number of carbonyl (C=O) groups excluding carboxylic acids is 1. The Morgan fingerprint density at radius 3 is 2.71 bits per heavy atom. The summed E-state index contributed by atoms with van der Waals surface area (Å²) >= 11 is 7.30. The maximum atomic E-state index is 12.6. The molecule has 1 amide bonds. The van der Waals surface area contributed by atoms with Crippen LogP contribution >= 0.6 is 22.9 Å². The molecule has 1 N–H and O–H groups in total. The van der Waals surface area contributed by atoms with E-state index < -0.39 is 10.0 Å². The van der Waals surface area contributed by atoms with E-state index >= 15 is 0 Å². The van der Waals surface area contributed by atoms with Gasteiger partial charge >= 0.3 is 0 Å². The molecule has 1 aromatic heterocycles. The van der Waals surface area contributed by atoms with Gasteiger partial charge in [0, 0.05) is 29.4 Å². The highest BCUT2D eigenvalue weighted by Crippen LogP contribution is 2.25. The highest BCUT2D eigenvalue weighted by Gasteiger charge is 2.27. The van der Waals surface area contributed by atoms with Gasteiger partial charge in [-0.3, -0.25) is 4.79 Å². The number of ether oxygens (including phenoxy) is 1. The summed E-state index contributed by atoms with van der Waals surface area (Å²) in [4.78, 5) is 12.9. The van der Waals surface area contributed by atoms with Gasteiger partial charge in [0.1, 0.15) is 4.21 Å². The third kappa shape index (κ3) is 5.33. The molecule has 1 aliphatic rings. The molecule has 0 saturated carbocycles. The van der Waals surface area contributed by atoms with Crippen molar-refractivity contribution < 1.29 is 17.9 Å². The number of aryl methyl sites for hydroxylation is 2. The first-order valence-corrected chi connectivity index (χ1v) is 11.7. The van der Waals surface area contributed by atoms with Crippen molar-refractivity contribution in [3.63, 3.8) is 0 Å². The number of nitrogens with one attached hydrogen (secondary N) is 1. The Kier molecular flexibility index (Phi) is 7.11. The van der Waals surface area contributed by atoms with E-state index in [4.69, 9.17) is 16.3 Å². The fourth-order valence-corrected chi connectivity index (χ4v) is 5.89. The van der Waals surface area contributed by atoms with Crippen molar-refractivity contribution in [2.24, 2.45) is 0 Å². The summed E-state index contributed by atoms with van der Waals surface area (Å²) in [6.07, 6.45) is 0.955. The summed E-state index contributed by atoms with van der Waals surface area (Å²) in [5, 5.41) is 3.55. The molecular formula is C19H23ClN2O4S2. The molecule has 0 aliphatic carbocycles. The maximum Gasteiger partial charge on any atom is 0.252 e. The summed E-state index contributed by atoms with van der Waals surface area (Å²) in [6.45, 7) is 3.83. The predicted octanol–water partition coefficient (Wildman–Crippen LogP) is 2.98. The minimum Gasteiger partial charge on any atom is -0.379 e. The molecule has 6 nitrogen and oxygen atoms in total. The lowest BCUT2D eigenvalue weighted by atomic mass is 10.1. The topological polar surface area (TPSA) is 75.7 Å². The number of rotatable bonds is 7. The average Bonchev–Trinajstić information content (AvgIpc) is 3.18. The van der Waals surface area contributed by atoms with Gasteiger partial charge in [-0.25, -0.2) is 8.42 Å². The Balaban J connectivity index is 1.51. The Bertz CT molecular complexity index is 937. The van der Waals surface area contributed by atoms with Gasteiger partial charge in [-0.1, -0.05) is 23.7 Å². The number of benzene rings is 1. The van der Waals surface area contributed by atoms with Crippen LogP contribution in [0.5, 0.6) is 0 Å². The fourth-order valence-electron chi connectivity index (χ4n) is 2.83. The normalized spacial score (nSPS) is 15.5. The highest BCUT2D eigenvalue weighted by atomic mass is 35.5. The molecule has 1 aromatic carbocycles. The largest absolute Gasteiger partial charge is 0.379 e. The third-order valence-electron chi connectivity index (χ3n) is 4.54. The van der Waals surface area contributed by atoms with Crippen LogP contribution in [0.1, 0.15) is 22.4 Å². The van der Waals surface area contributed by atoms with Gasteiger partial charge in [0.2, 0.25) is 5.91 Å². The van der Waals surface area contributed by atoms with Crippen LogP contribution < -0.4 is 5.32 Å². The van der Waals surface area contributed by atoms with Crippen molar-refractivity contribution in [2.45, 2.75) is 30.5 Å². The SMILES string of the molecule is Cc1ccc(CCC(=O)NCc2ccc(S(=O)(=O)N3CCOCC3)s2)cc1Cl. The van der Waals surface area contributed by atoms with E-state index in [9.17, 15) is 13.2 Å². The summed E-state index contributed by atoms with van der Waals surface area (Å²) < 4.78 is 32.2. The molecule has 152 valence electrons. The standard InChI is InChI=1S/C19H23ClN2O4S2/c1-14-2-3-15(12-17(14)20)4-6-18(23)21-13-16-5-7-19(27-16)28(24,25)22-8-10-26-11-9-22/h2-3,5,7,12H,4,6,8-11,13H2,1H3,(H,21,23). The van der Waals surface area contributed by atoms with Crippen molar-refractivity contribution >= 4 is 38.9 Å². The van der Waals surface area contributed by atoms with Gasteiger partial charge in [0.05, 0.1) is 19.8 Å². The minimum atomic E-state index is -3.49. The summed E-state index contributed by atoms with van der Waals surface area (Å²) in [6, 6.07) is 9.14. The monoisotopic (exact) mass is 442 g/mol. The third-order valence-corrected chi connectivity index (χ3v) is 8.40. The smallest absolute Gasteiger partial charge is 0.252 e. The zero-order chi connectivity index (χ0) is 20.1. The van der Waals surface area contributed by atoms with Crippen molar-refractivity contribution in [3.05, 3.63) is 51.4 Å². The molecule has 1 aliphatic heterocycles. The predicted molar refractivity (Wildman–Crippen MR) is 110 cm³/mol. The van der Waals surface area contributed by atoms with Crippen LogP contribution in [0.15, 0.2) is 34.5 Å². The van der Waals surface area contributed by atoms with Crippen LogP contribution in [0.2, 0.25) is 5.02 Å². The molecule has 1 saturated heterocycles. The molecule has 2 aromatic rings. The second-order valence-electron chi connectivity index (χ2n) is 6.60. The second-order valence-corrected chi connectivity index (χ2v) is 10.3. The molecule has 9 heteroatoms. The van der Waals surface area contributed by atoms with E-state index in [0.29, 0.717) is 54.9 Å². The second kappa shape index (κ2) is 9.37. The van der Waals surface area contributed by atoms with E-state index in [2.05, 4.69) is 5.32 Å². The van der Waals surface area contributed by atoms with Crippen molar-refractivity contribution in [2.75, 3.05) is 26.3 Å². The number of halogens is 1. The maximum absolute atomic E-state index is 12.6. The zero-order valence-corrected chi connectivity index (χ0v) is 18.0. The summed E-state index contributed by atoms with van der Waals surface area (Å²) in [5.74, 6) is -0.0808. The lowest BCUT2D eigenvalue weighted by Gasteiger charge is -2.25. The minimum absolute atomic E-state index is 0.0808. The molecule has 28 heavy (non-hydrogen) atoms. The Hall–Kier alpha value is -1.45. The van der Waals surface area contributed by atoms with Crippen LogP contribution in [0, 0.1) is 6.92 Å². The Morgan fingerprint density at radius 1 is 1.25 bits per heavy atom. The van der Waals surface area contributed by atoms with Gasteiger partial charge < -0.3 is 10.1 Å². The molecule has 2 heterocycles. The van der Waals surface area contributed by atoms with Crippen molar-refractivity contribution in [1.29, 1.82) is 0 Å². The Morgan fingerprint density at radius 2 is 2.00 bits per heavy atom. The molecular weight excluding hydrogens is 420 g/mol. The highest BCUT2D eigenvalue weighted by molar-refractivity contribution is 7.91. The van der Waals surface area contributed by atoms with Gasteiger partial charge in [-0.15, -0.1) is 11.3 Å². The quantitative estimate of drug-likeness (QED) is 0.715. The number of sulfonamides is 1. The van der Waals surface area contributed by atoms with Crippen LogP contribution in [0.3, 0.4) is 0 Å². The first-order chi connectivity index (χ1) is 13.4. The van der Waals surface area contributed by atoms with Crippen molar-refractivity contribution in [1.82, 2.24) is 9.62 Å². The van der Waals surface area contributed by atoms with E-state index in [1.807, 2.05) is 25.1 Å². The molecule has 0 spiro atoms. The van der Waals surface area contributed by atoms with E-state index in [0.717, 1.165) is 16.0 Å². The molecule has 0 radical (unpaired) electrons. The number of morpholine rings is 1. The van der Waals surface area contributed by atoms with Gasteiger partial charge in [0.15, 0.2) is 0 Å². The first kappa shape index (κ1) is 21.3. The lowest BCUT2D eigenvalue weighted by Crippen LogP contribution is -2.40. The van der Waals surface area contributed by atoms with E-state index in [-0.39, 0.29) is 5.91 Å². The van der Waals surface area contributed by atoms with Crippen molar-refractivity contribution in [3.8, 4) is 0 Å². The molecule has 3 rings (SSSR count). The number of hydrogen-bond donors (Lipinski definition) is 1. The first-order valence-electron chi connectivity index (χ1n) is 9.04. The van der Waals surface area contributed by atoms with Crippen LogP contribution in [-0.4, -0.2) is 44.9 Å². The zero-order valence-electron chi connectivity index (χ0n) is 15.6. The van der Waals surface area contributed by atoms with Crippen LogP contribution in [0.4, 0.5) is 0 Å². The fraction of sp³-hybridized carbons (Fsp3) is 0.421. The van der Waals surface area contributed by atoms with Gasteiger partial charge in [-0.05, 0) is 42.7 Å². The van der Waals surface area contributed by atoms with Crippen LogP contribution in [-0.2, 0) is 32.5 Å². The van der Waals surface area contributed by atoms with E-state index in [1.54, 1.807) is 12.1 Å². The number of thiophene rings is 1. The van der Waals surface area contributed by atoms with E-state index in [1.165, 1.54) is 15.6 Å². The molecule has 0 bridgehead atoms. The number of amides is 1. The number of hydrogen-bond acceptors (Lipinski definition) is 5. The van der Waals surface area contributed by atoms with Gasteiger partial charge in [0.25, 0.3) is 10.0 Å². The average molecular weight is 443 g/mol. The summed E-state index contributed by atoms with van der Waals surface area (Å²) in [7, 11) is -3.49. The molecule has 0 atom stereocenters. The molecule has 0 unspecified atom stereocenters. The summed E-state index contributed by atoms with van der Waals surface area (Å²) in [5.41, 5.74) is 2.02. The molecule has 1 fully saturated rings. The Labute approximate surface area is 174 Å².